The third-order valence-electron chi connectivity index (χ3n) is 3.40. The molecule has 1 aromatic heterocycles. The van der Waals surface area contributed by atoms with Crippen molar-refractivity contribution in [1.82, 2.24) is 9.97 Å². The Hall–Kier alpha value is -2.48. The van der Waals surface area contributed by atoms with Gasteiger partial charge in [0.05, 0.1) is 11.4 Å². The van der Waals surface area contributed by atoms with Gasteiger partial charge in [0.1, 0.15) is 0 Å². The van der Waals surface area contributed by atoms with Crippen molar-refractivity contribution in [3.63, 3.8) is 0 Å². The molecule has 2 N–H and O–H groups in total. The lowest BCUT2D eigenvalue weighted by molar-refractivity contribution is 1.08. The smallest absolute Gasteiger partial charge is 0.252 e. The first-order chi connectivity index (χ1) is 11.6. The van der Waals surface area contributed by atoms with Gasteiger partial charge in [0, 0.05) is 15.2 Å². The summed E-state index contributed by atoms with van der Waals surface area (Å²) in [5.41, 5.74) is 5.89. The van der Waals surface area contributed by atoms with Crippen LogP contribution in [0.2, 0.25) is 0 Å². The first kappa shape index (κ1) is 16.4. The second-order valence-corrected chi connectivity index (χ2v) is 6.41. The van der Waals surface area contributed by atoms with Crippen molar-refractivity contribution >= 4 is 34.3 Å². The summed E-state index contributed by atoms with van der Waals surface area (Å²) in [4.78, 5) is 18.9. The van der Waals surface area contributed by atoms with Crippen LogP contribution < -0.4 is 11.0 Å². The number of hydrogen-bond acceptors (Lipinski definition) is 4. The highest BCUT2D eigenvalue weighted by Crippen LogP contribution is 2.15. The quantitative estimate of drug-likeness (QED) is 0.375. The van der Waals surface area contributed by atoms with Gasteiger partial charge in [-0.05, 0) is 47.2 Å². The van der Waals surface area contributed by atoms with Crippen LogP contribution >= 0.6 is 22.6 Å². The zero-order valence-electron chi connectivity index (χ0n) is 13.0. The number of anilines is 1. The Morgan fingerprint density at radius 1 is 1.12 bits per heavy atom. The van der Waals surface area contributed by atoms with E-state index in [0.717, 1.165) is 16.8 Å². The van der Waals surface area contributed by atoms with Gasteiger partial charge in [-0.1, -0.05) is 42.5 Å². The van der Waals surface area contributed by atoms with E-state index in [4.69, 9.17) is 0 Å². The Balaban J connectivity index is 1.85. The maximum absolute atomic E-state index is 11.9. The first-order valence-electron chi connectivity index (χ1n) is 7.35. The van der Waals surface area contributed by atoms with E-state index >= 15 is 0 Å². The number of hydrazone groups is 1. The lowest BCUT2D eigenvalue weighted by Crippen LogP contribution is -2.11. The van der Waals surface area contributed by atoms with Gasteiger partial charge in [-0.15, -0.1) is 0 Å². The predicted octanol–water partition coefficient (Wildman–Crippen LogP) is 3.88. The molecule has 2 aromatic carbocycles. The van der Waals surface area contributed by atoms with Crippen molar-refractivity contribution in [1.29, 1.82) is 0 Å². The van der Waals surface area contributed by atoms with E-state index in [-0.39, 0.29) is 5.56 Å². The van der Waals surface area contributed by atoms with Gasteiger partial charge in [-0.2, -0.15) is 5.10 Å². The first-order valence-corrected chi connectivity index (χ1v) is 8.43. The van der Waals surface area contributed by atoms with Crippen LogP contribution in [0.5, 0.6) is 0 Å². The largest absolute Gasteiger partial charge is 0.291 e. The minimum absolute atomic E-state index is 0.228. The molecule has 0 saturated carbocycles. The second kappa shape index (κ2) is 7.39. The highest BCUT2D eigenvalue weighted by molar-refractivity contribution is 14.1. The van der Waals surface area contributed by atoms with Crippen LogP contribution in [-0.4, -0.2) is 15.7 Å². The van der Waals surface area contributed by atoms with Crippen molar-refractivity contribution in [3.05, 3.63) is 80.2 Å². The standard InChI is InChI=1S/C18H15IN4O/c1-12(13-7-9-15(19)10-8-13)22-23-18-20-16(11-17(24)21-18)14-5-3-2-4-6-14/h2-11H,1H3,(H2,20,21,23,24)/b22-12-. The van der Waals surface area contributed by atoms with Crippen LogP contribution in [0.3, 0.4) is 0 Å². The van der Waals surface area contributed by atoms with Crippen LogP contribution in [0.1, 0.15) is 12.5 Å². The number of nitrogens with zero attached hydrogens (tertiary/aromatic N) is 2. The molecule has 1 heterocycles. The molecule has 24 heavy (non-hydrogen) atoms. The maximum atomic E-state index is 11.9. The maximum Gasteiger partial charge on any atom is 0.252 e. The highest BCUT2D eigenvalue weighted by Gasteiger charge is 2.04. The molecule has 0 fully saturated rings. The molecule has 3 aromatic rings. The van der Waals surface area contributed by atoms with E-state index < -0.39 is 0 Å². The average Bonchev–Trinajstić information content (AvgIpc) is 2.60. The number of aromatic nitrogens is 2. The summed E-state index contributed by atoms with van der Waals surface area (Å²) in [5, 5.41) is 4.30. The summed E-state index contributed by atoms with van der Waals surface area (Å²) in [7, 11) is 0. The van der Waals surface area contributed by atoms with Crippen molar-refractivity contribution in [2.75, 3.05) is 5.43 Å². The summed E-state index contributed by atoms with van der Waals surface area (Å²) in [5.74, 6) is 0.311. The summed E-state index contributed by atoms with van der Waals surface area (Å²) in [6, 6.07) is 19.1. The highest BCUT2D eigenvalue weighted by atomic mass is 127. The van der Waals surface area contributed by atoms with Gasteiger partial charge in [-0.3, -0.25) is 9.78 Å². The minimum atomic E-state index is -0.228. The van der Waals surface area contributed by atoms with Crippen LogP contribution in [-0.2, 0) is 0 Å². The number of nitrogens with one attached hydrogen (secondary N) is 2. The monoisotopic (exact) mass is 430 g/mol. The Labute approximate surface area is 153 Å². The molecule has 0 aliphatic rings. The molecule has 0 spiro atoms. The van der Waals surface area contributed by atoms with Crippen LogP contribution in [0.15, 0.2) is 70.6 Å². The molecule has 6 heteroatoms. The fraction of sp³-hybridized carbons (Fsp3) is 0.0556. The lowest BCUT2D eigenvalue weighted by atomic mass is 10.1. The van der Waals surface area contributed by atoms with Gasteiger partial charge >= 0.3 is 0 Å². The molecule has 0 aliphatic carbocycles. The predicted molar refractivity (Wildman–Crippen MR) is 105 cm³/mol. The zero-order chi connectivity index (χ0) is 16.9. The minimum Gasteiger partial charge on any atom is -0.291 e. The fourth-order valence-electron chi connectivity index (χ4n) is 2.16. The van der Waals surface area contributed by atoms with E-state index in [0.29, 0.717) is 11.6 Å². The topological polar surface area (TPSA) is 70.1 Å². The van der Waals surface area contributed by atoms with Crippen molar-refractivity contribution in [2.24, 2.45) is 5.10 Å². The van der Waals surface area contributed by atoms with Gasteiger partial charge in [0.2, 0.25) is 5.95 Å². The summed E-state index contributed by atoms with van der Waals surface area (Å²) in [6.45, 7) is 1.90. The van der Waals surface area contributed by atoms with Gasteiger partial charge in [-0.25, -0.2) is 10.4 Å². The molecule has 3 rings (SSSR count). The van der Waals surface area contributed by atoms with E-state index in [1.807, 2.05) is 61.5 Å². The Kier molecular flexibility index (Phi) is 5.05. The van der Waals surface area contributed by atoms with Crippen LogP contribution in [0, 0.1) is 3.57 Å². The average molecular weight is 430 g/mol. The molecule has 0 atom stereocenters. The molecule has 0 amide bonds. The Morgan fingerprint density at radius 2 is 1.83 bits per heavy atom. The molecular formula is C18H15IN4O. The SMILES string of the molecule is C/C(=N/Nc1nc(-c2ccccc2)cc(=O)[nH]1)c1ccc(I)cc1. The molecule has 0 bridgehead atoms. The summed E-state index contributed by atoms with van der Waals surface area (Å²) < 4.78 is 1.17. The third kappa shape index (κ3) is 4.08. The van der Waals surface area contributed by atoms with Crippen LogP contribution in [0.25, 0.3) is 11.3 Å². The molecule has 0 radical (unpaired) electrons. The number of H-pyrrole nitrogens is 1. The van der Waals surface area contributed by atoms with Crippen LogP contribution in [0.4, 0.5) is 5.95 Å². The molecule has 0 unspecified atom stereocenters. The third-order valence-corrected chi connectivity index (χ3v) is 4.12. The molecule has 0 saturated heterocycles. The van der Waals surface area contributed by atoms with Crippen molar-refractivity contribution in [2.45, 2.75) is 6.92 Å². The number of rotatable bonds is 4. The fourth-order valence-corrected chi connectivity index (χ4v) is 2.52. The number of aromatic amines is 1. The van der Waals surface area contributed by atoms with E-state index in [1.54, 1.807) is 0 Å². The molecule has 5 nitrogen and oxygen atoms in total. The molecule has 120 valence electrons. The van der Waals surface area contributed by atoms with Gasteiger partial charge in [0.15, 0.2) is 0 Å². The van der Waals surface area contributed by atoms with E-state index in [1.165, 1.54) is 9.64 Å². The van der Waals surface area contributed by atoms with Gasteiger partial charge < -0.3 is 0 Å². The number of benzene rings is 2. The zero-order valence-corrected chi connectivity index (χ0v) is 15.1. The second-order valence-electron chi connectivity index (χ2n) is 5.16. The summed E-state index contributed by atoms with van der Waals surface area (Å²) >= 11 is 2.26. The Morgan fingerprint density at radius 3 is 2.54 bits per heavy atom. The van der Waals surface area contributed by atoms with E-state index in [9.17, 15) is 4.79 Å². The lowest BCUT2D eigenvalue weighted by Gasteiger charge is -2.05. The number of hydrogen-bond donors (Lipinski definition) is 2. The summed E-state index contributed by atoms with van der Waals surface area (Å²) in [6.07, 6.45) is 0. The molecular weight excluding hydrogens is 415 g/mol. The molecule has 0 aliphatic heterocycles. The Bertz CT molecular complexity index is 918. The number of halogens is 1. The van der Waals surface area contributed by atoms with Gasteiger partial charge in [0.25, 0.3) is 5.56 Å². The van der Waals surface area contributed by atoms with Crippen molar-refractivity contribution < 1.29 is 0 Å². The normalized spacial score (nSPS) is 11.3. The van der Waals surface area contributed by atoms with E-state index in [2.05, 4.69) is 43.1 Å². The van der Waals surface area contributed by atoms with Crippen molar-refractivity contribution in [3.8, 4) is 11.3 Å².